The Balaban J connectivity index is 2.18. The van der Waals surface area contributed by atoms with Crippen molar-refractivity contribution >= 4 is 34.0 Å². The number of carbonyl (C=O) groups is 3. The lowest BCUT2D eigenvalue weighted by Gasteiger charge is -2.19. The highest BCUT2D eigenvalue weighted by atomic mass is 32.1. The predicted molar refractivity (Wildman–Crippen MR) is 112 cm³/mol. The summed E-state index contributed by atoms with van der Waals surface area (Å²) >= 11 is 1.32. The monoisotopic (exact) mass is 401 g/mol. The number of carbonyl (C=O) groups excluding carboxylic acids is 3. The first-order valence-corrected chi connectivity index (χ1v) is 9.96. The van der Waals surface area contributed by atoms with E-state index in [1.54, 1.807) is 26.0 Å². The van der Waals surface area contributed by atoms with Crippen molar-refractivity contribution in [1.82, 2.24) is 0 Å². The van der Waals surface area contributed by atoms with E-state index in [9.17, 15) is 14.4 Å². The standard InChI is InChI=1S/C22H27NO4S/c1-12-14(3)28-20(23-15(4)24)18(12)21(26)27-13(2)19(25)16-8-10-17(11-9-16)22(5,6)7/h8-11,13H,1-7H3,(H,23,24)/t13-/m0/s1. The molecule has 2 rings (SSSR count). The Labute approximate surface area is 170 Å². The van der Waals surface area contributed by atoms with E-state index in [0.717, 1.165) is 16.0 Å². The SMILES string of the molecule is CC(=O)Nc1sc(C)c(C)c1C(=O)O[C@@H](C)C(=O)c1ccc(C(C)(C)C)cc1. The first-order valence-electron chi connectivity index (χ1n) is 9.15. The van der Waals surface area contributed by atoms with Crippen molar-refractivity contribution in [2.75, 3.05) is 5.32 Å². The number of amides is 1. The molecule has 0 saturated carbocycles. The molecule has 0 fully saturated rings. The summed E-state index contributed by atoms with van der Waals surface area (Å²) in [7, 11) is 0. The van der Waals surface area contributed by atoms with Gasteiger partial charge in [0.05, 0.1) is 5.56 Å². The third-order valence-corrected chi connectivity index (χ3v) is 5.69. The van der Waals surface area contributed by atoms with Crippen LogP contribution in [0.25, 0.3) is 0 Å². The number of thiophene rings is 1. The number of nitrogens with one attached hydrogen (secondary N) is 1. The van der Waals surface area contributed by atoms with E-state index in [-0.39, 0.29) is 17.1 Å². The van der Waals surface area contributed by atoms with E-state index in [4.69, 9.17) is 4.74 Å². The van der Waals surface area contributed by atoms with Gasteiger partial charge in [0.25, 0.3) is 0 Å². The third kappa shape index (κ3) is 4.87. The van der Waals surface area contributed by atoms with Gasteiger partial charge in [-0.05, 0) is 37.3 Å². The highest BCUT2D eigenvalue weighted by Crippen LogP contribution is 2.33. The lowest BCUT2D eigenvalue weighted by Crippen LogP contribution is -2.25. The zero-order valence-corrected chi connectivity index (χ0v) is 18.2. The summed E-state index contributed by atoms with van der Waals surface area (Å²) in [5.41, 5.74) is 2.66. The zero-order chi connectivity index (χ0) is 21.2. The molecule has 0 aliphatic carbocycles. The van der Waals surface area contributed by atoms with Crippen LogP contribution in [0.5, 0.6) is 0 Å². The van der Waals surface area contributed by atoms with Crippen molar-refractivity contribution < 1.29 is 19.1 Å². The molecule has 0 spiro atoms. The van der Waals surface area contributed by atoms with Crippen LogP contribution in [0.2, 0.25) is 0 Å². The fourth-order valence-corrected chi connectivity index (χ4v) is 3.86. The fourth-order valence-electron chi connectivity index (χ4n) is 2.76. The van der Waals surface area contributed by atoms with E-state index in [1.807, 2.05) is 19.1 Å². The fraction of sp³-hybridized carbons (Fsp3) is 0.409. The maximum absolute atomic E-state index is 12.7. The Kier molecular flexibility index (Phi) is 6.44. The van der Waals surface area contributed by atoms with Crippen LogP contribution in [0.15, 0.2) is 24.3 Å². The zero-order valence-electron chi connectivity index (χ0n) is 17.4. The second-order valence-corrected chi connectivity index (χ2v) is 9.13. The molecule has 1 aromatic carbocycles. The molecule has 1 aromatic heterocycles. The minimum atomic E-state index is -0.933. The molecule has 150 valence electrons. The highest BCUT2D eigenvalue weighted by Gasteiger charge is 2.26. The number of hydrogen-bond acceptors (Lipinski definition) is 5. The minimum Gasteiger partial charge on any atom is -0.451 e. The summed E-state index contributed by atoms with van der Waals surface area (Å²) in [5.74, 6) is -1.14. The Bertz CT molecular complexity index is 904. The molecular weight excluding hydrogens is 374 g/mol. The van der Waals surface area contributed by atoms with Gasteiger partial charge in [0.15, 0.2) is 6.10 Å². The average Bonchev–Trinajstić information content (AvgIpc) is 2.86. The van der Waals surface area contributed by atoms with Crippen molar-refractivity contribution in [1.29, 1.82) is 0 Å². The summed E-state index contributed by atoms with van der Waals surface area (Å²) in [4.78, 5) is 37.7. The molecule has 6 heteroatoms. The van der Waals surface area contributed by atoms with Crippen LogP contribution in [0, 0.1) is 13.8 Å². The maximum Gasteiger partial charge on any atom is 0.342 e. The molecule has 0 saturated heterocycles. The highest BCUT2D eigenvalue weighted by molar-refractivity contribution is 7.16. The van der Waals surface area contributed by atoms with Crippen LogP contribution in [-0.4, -0.2) is 23.8 Å². The Morgan fingerprint density at radius 3 is 2.14 bits per heavy atom. The van der Waals surface area contributed by atoms with Gasteiger partial charge in [-0.3, -0.25) is 9.59 Å². The molecular formula is C22H27NO4S. The molecule has 1 atom stereocenters. The molecule has 0 radical (unpaired) electrons. The summed E-state index contributed by atoms with van der Waals surface area (Å²) in [6, 6.07) is 7.36. The molecule has 2 aromatic rings. The van der Waals surface area contributed by atoms with Crippen LogP contribution in [-0.2, 0) is 14.9 Å². The van der Waals surface area contributed by atoms with Gasteiger partial charge in [-0.25, -0.2) is 4.79 Å². The number of anilines is 1. The van der Waals surface area contributed by atoms with Crippen LogP contribution >= 0.6 is 11.3 Å². The lowest BCUT2D eigenvalue weighted by molar-refractivity contribution is -0.114. The van der Waals surface area contributed by atoms with Crippen molar-refractivity contribution in [3.05, 3.63) is 51.4 Å². The van der Waals surface area contributed by atoms with Crippen molar-refractivity contribution in [2.24, 2.45) is 0 Å². The summed E-state index contributed by atoms with van der Waals surface area (Å²) < 4.78 is 5.43. The van der Waals surface area contributed by atoms with Crippen LogP contribution < -0.4 is 5.32 Å². The van der Waals surface area contributed by atoms with Crippen LogP contribution in [0.1, 0.15) is 71.3 Å². The minimum absolute atomic E-state index is 0.00584. The van der Waals surface area contributed by atoms with E-state index < -0.39 is 12.1 Å². The molecule has 1 heterocycles. The van der Waals surface area contributed by atoms with Crippen molar-refractivity contribution in [3.63, 3.8) is 0 Å². The second kappa shape index (κ2) is 8.27. The molecule has 1 N–H and O–H groups in total. The summed E-state index contributed by atoms with van der Waals surface area (Å²) in [6.45, 7) is 12.9. The number of ether oxygens (including phenoxy) is 1. The van der Waals surface area contributed by atoms with Gasteiger partial charge >= 0.3 is 5.97 Å². The smallest absolute Gasteiger partial charge is 0.342 e. The third-order valence-electron chi connectivity index (χ3n) is 4.57. The Morgan fingerprint density at radius 1 is 1.07 bits per heavy atom. The van der Waals surface area contributed by atoms with E-state index in [0.29, 0.717) is 16.1 Å². The van der Waals surface area contributed by atoms with E-state index in [1.165, 1.54) is 18.3 Å². The predicted octanol–water partition coefficient (Wildman–Crippen LogP) is 5.05. The number of ketones is 1. The summed E-state index contributed by atoms with van der Waals surface area (Å²) in [6.07, 6.45) is -0.933. The molecule has 0 aliphatic heterocycles. The van der Waals surface area contributed by atoms with E-state index in [2.05, 4.69) is 26.1 Å². The Hall–Kier alpha value is -2.47. The van der Waals surface area contributed by atoms with Gasteiger partial charge in [-0.15, -0.1) is 11.3 Å². The van der Waals surface area contributed by atoms with Crippen molar-refractivity contribution in [2.45, 2.75) is 60.0 Å². The number of Topliss-reactive ketones (excluding diaryl/α,β-unsaturated/α-hetero) is 1. The number of esters is 1. The lowest BCUT2D eigenvalue weighted by atomic mass is 9.86. The molecule has 0 aliphatic rings. The topological polar surface area (TPSA) is 72.5 Å². The van der Waals surface area contributed by atoms with Gasteiger partial charge in [0, 0.05) is 17.4 Å². The van der Waals surface area contributed by atoms with Gasteiger partial charge in [0.1, 0.15) is 5.00 Å². The first kappa shape index (κ1) is 21.8. The number of benzene rings is 1. The number of hydrogen-bond donors (Lipinski definition) is 1. The molecule has 1 amide bonds. The molecule has 0 unspecified atom stereocenters. The van der Waals surface area contributed by atoms with Crippen molar-refractivity contribution in [3.8, 4) is 0 Å². The molecule has 28 heavy (non-hydrogen) atoms. The van der Waals surface area contributed by atoms with Gasteiger partial charge in [-0.1, -0.05) is 45.0 Å². The maximum atomic E-state index is 12.7. The quantitative estimate of drug-likeness (QED) is 0.562. The van der Waals surface area contributed by atoms with Gasteiger partial charge in [0.2, 0.25) is 11.7 Å². The van der Waals surface area contributed by atoms with Gasteiger partial charge in [-0.2, -0.15) is 0 Å². The molecule has 0 bridgehead atoms. The van der Waals surface area contributed by atoms with Crippen LogP contribution in [0.4, 0.5) is 5.00 Å². The Morgan fingerprint density at radius 2 is 1.64 bits per heavy atom. The van der Waals surface area contributed by atoms with Gasteiger partial charge < -0.3 is 10.1 Å². The largest absolute Gasteiger partial charge is 0.451 e. The van der Waals surface area contributed by atoms with E-state index >= 15 is 0 Å². The number of aryl methyl sites for hydroxylation is 1. The normalized spacial score (nSPS) is 12.4. The second-order valence-electron chi connectivity index (χ2n) is 7.91. The summed E-state index contributed by atoms with van der Waals surface area (Å²) in [5, 5.41) is 3.11. The number of rotatable bonds is 5. The average molecular weight is 402 g/mol. The first-order chi connectivity index (χ1) is 12.9. The van der Waals surface area contributed by atoms with Crippen LogP contribution in [0.3, 0.4) is 0 Å². The molecule has 5 nitrogen and oxygen atoms in total.